The van der Waals surface area contributed by atoms with Gasteiger partial charge in [-0.1, -0.05) is 24.3 Å². The van der Waals surface area contributed by atoms with Crippen molar-refractivity contribution >= 4 is 11.9 Å². The second-order valence-electron chi connectivity index (χ2n) is 6.81. The van der Waals surface area contributed by atoms with Crippen molar-refractivity contribution in [2.75, 3.05) is 0 Å². The van der Waals surface area contributed by atoms with Gasteiger partial charge < -0.3 is 42.1 Å². The maximum absolute atomic E-state index is 9.55. The van der Waals surface area contributed by atoms with Crippen molar-refractivity contribution in [2.24, 2.45) is 11.5 Å². The molecular weight excluding hydrogens is 420 g/mol. The lowest BCUT2D eigenvalue weighted by molar-refractivity contribution is -0.134. The summed E-state index contributed by atoms with van der Waals surface area (Å²) in [6, 6.07) is 12.3. The number of phenolic OH excluding ortho intramolecular Hbond substituents is 2. The van der Waals surface area contributed by atoms with Crippen LogP contribution in [0.1, 0.15) is 37.2 Å². The summed E-state index contributed by atoms with van der Waals surface area (Å²) in [5.41, 5.74) is 12.3. The molecule has 176 valence electrons. The van der Waals surface area contributed by atoms with Crippen molar-refractivity contribution in [2.45, 2.75) is 38.1 Å². The topological polar surface area (TPSA) is 208 Å². The van der Waals surface area contributed by atoms with Gasteiger partial charge >= 0.3 is 11.9 Å². The van der Waals surface area contributed by atoms with Crippen LogP contribution in [-0.2, 0) is 9.59 Å². The molecule has 0 aliphatic heterocycles. The van der Waals surface area contributed by atoms with Gasteiger partial charge in [0.2, 0.25) is 0 Å². The van der Waals surface area contributed by atoms with Gasteiger partial charge in [0.25, 0.3) is 0 Å². The lowest BCUT2D eigenvalue weighted by Crippen LogP contribution is -2.24. The van der Waals surface area contributed by atoms with Crippen LogP contribution in [0.3, 0.4) is 0 Å². The number of carboxylic acid groups (broad SMARTS) is 2. The number of aliphatic carboxylic acids is 2. The first-order chi connectivity index (χ1) is 14.8. The van der Waals surface area contributed by atoms with Crippen LogP contribution in [0.2, 0.25) is 0 Å². The number of carbonyl (C=O) groups is 2. The lowest BCUT2D eigenvalue weighted by atomic mass is 10.0. The predicted molar refractivity (Wildman–Crippen MR) is 118 cm³/mol. The van der Waals surface area contributed by atoms with Crippen LogP contribution in [0.5, 0.6) is 11.5 Å². The fourth-order valence-electron chi connectivity index (χ4n) is 2.17. The first kappa shape index (κ1) is 28.6. The molecule has 10 N–H and O–H groups in total. The van der Waals surface area contributed by atoms with Gasteiger partial charge in [-0.15, -0.1) is 0 Å². The summed E-state index contributed by atoms with van der Waals surface area (Å²) in [6.45, 7) is 3.43. The standard InChI is InChI=1S/2C9H13NO2.C4H4O4/c2*1-6(10)9(12)7-3-2-4-8(11)5-7;5-3(6)1-2-4(7)8/h2*2-6,9,11-12H,10H2,1H3;1-2H,(H,5,6)(H,7,8)/b;;2-1+/t2*6-,9+;/m11./s1. The van der Waals surface area contributed by atoms with Crippen LogP contribution in [0.4, 0.5) is 0 Å². The van der Waals surface area contributed by atoms with Gasteiger partial charge in [-0.2, -0.15) is 0 Å². The zero-order valence-electron chi connectivity index (χ0n) is 17.7. The van der Waals surface area contributed by atoms with Crippen molar-refractivity contribution in [3.8, 4) is 11.5 Å². The highest BCUT2D eigenvalue weighted by Crippen LogP contribution is 2.20. The Bertz CT molecular complexity index is 812. The average molecular weight is 450 g/mol. The third kappa shape index (κ3) is 12.3. The van der Waals surface area contributed by atoms with Crippen LogP contribution in [-0.4, -0.2) is 54.7 Å². The molecule has 0 unspecified atom stereocenters. The maximum Gasteiger partial charge on any atom is 0.328 e. The van der Waals surface area contributed by atoms with Gasteiger partial charge in [0.05, 0.1) is 12.2 Å². The van der Waals surface area contributed by atoms with E-state index in [1.165, 1.54) is 12.1 Å². The molecule has 0 aromatic heterocycles. The van der Waals surface area contributed by atoms with E-state index in [4.69, 9.17) is 31.9 Å². The number of aliphatic hydroxyl groups excluding tert-OH is 2. The second-order valence-corrected chi connectivity index (χ2v) is 6.81. The van der Waals surface area contributed by atoms with Crippen LogP contribution < -0.4 is 11.5 Å². The number of hydrogen-bond donors (Lipinski definition) is 8. The van der Waals surface area contributed by atoms with E-state index in [9.17, 15) is 19.8 Å². The lowest BCUT2D eigenvalue weighted by Gasteiger charge is -2.14. The minimum Gasteiger partial charge on any atom is -0.508 e. The molecule has 10 nitrogen and oxygen atoms in total. The molecule has 0 fully saturated rings. The molecule has 0 heterocycles. The Hall–Kier alpha value is -3.44. The van der Waals surface area contributed by atoms with Crippen molar-refractivity contribution < 1.29 is 40.2 Å². The Kier molecular flexibility index (Phi) is 13.0. The van der Waals surface area contributed by atoms with Crippen molar-refractivity contribution in [3.05, 3.63) is 71.8 Å². The smallest absolute Gasteiger partial charge is 0.328 e. The number of phenols is 2. The van der Waals surface area contributed by atoms with E-state index in [0.717, 1.165) is 0 Å². The predicted octanol–water partition coefficient (Wildman–Crippen LogP) is 1.26. The van der Waals surface area contributed by atoms with Crippen LogP contribution in [0.25, 0.3) is 0 Å². The molecular formula is C22H30N2O8. The number of benzene rings is 2. The summed E-state index contributed by atoms with van der Waals surface area (Å²) in [5, 5.41) is 52.8. The van der Waals surface area contributed by atoms with Gasteiger partial charge in [-0.05, 0) is 49.2 Å². The van der Waals surface area contributed by atoms with Crippen LogP contribution in [0, 0.1) is 0 Å². The Morgan fingerprint density at radius 2 is 1.06 bits per heavy atom. The number of hydrogen-bond acceptors (Lipinski definition) is 8. The molecule has 0 aliphatic rings. The summed E-state index contributed by atoms with van der Waals surface area (Å²) in [7, 11) is 0. The summed E-state index contributed by atoms with van der Waals surface area (Å²) in [4.78, 5) is 19.1. The Labute approximate surface area is 185 Å². The zero-order chi connectivity index (χ0) is 24.8. The van der Waals surface area contributed by atoms with E-state index < -0.39 is 24.1 Å². The molecule has 0 amide bonds. The van der Waals surface area contributed by atoms with Gasteiger partial charge in [0, 0.05) is 24.2 Å². The zero-order valence-corrected chi connectivity index (χ0v) is 17.7. The quantitative estimate of drug-likeness (QED) is 0.295. The first-order valence-electron chi connectivity index (χ1n) is 9.44. The van der Waals surface area contributed by atoms with E-state index in [2.05, 4.69) is 0 Å². The van der Waals surface area contributed by atoms with E-state index in [1.807, 2.05) is 0 Å². The average Bonchev–Trinajstić information content (AvgIpc) is 2.72. The second kappa shape index (κ2) is 14.5. The van der Waals surface area contributed by atoms with E-state index in [1.54, 1.807) is 50.2 Å². The molecule has 4 atom stereocenters. The highest BCUT2D eigenvalue weighted by atomic mass is 16.4. The third-order valence-electron chi connectivity index (χ3n) is 3.79. The number of carboxylic acids is 2. The number of rotatable bonds is 6. The van der Waals surface area contributed by atoms with Gasteiger partial charge in [0.15, 0.2) is 0 Å². The largest absolute Gasteiger partial charge is 0.508 e. The molecule has 0 radical (unpaired) electrons. The monoisotopic (exact) mass is 450 g/mol. The van der Waals surface area contributed by atoms with E-state index in [-0.39, 0.29) is 23.6 Å². The molecule has 0 spiro atoms. The summed E-state index contributed by atoms with van der Waals surface area (Å²) >= 11 is 0. The van der Waals surface area contributed by atoms with Crippen LogP contribution in [0.15, 0.2) is 60.7 Å². The molecule has 32 heavy (non-hydrogen) atoms. The van der Waals surface area contributed by atoms with Crippen molar-refractivity contribution in [1.82, 2.24) is 0 Å². The summed E-state index contributed by atoms with van der Waals surface area (Å²) in [5.74, 6) is -2.22. The van der Waals surface area contributed by atoms with Crippen LogP contribution >= 0.6 is 0 Å². The SMILES string of the molecule is C[C@@H](N)[C@H](O)c1cccc(O)c1.C[C@@H](N)[C@H](O)c1cccc(O)c1.O=C(O)/C=C/C(=O)O. The Morgan fingerprint density at radius 3 is 1.28 bits per heavy atom. The number of aromatic hydroxyl groups is 2. The molecule has 0 bridgehead atoms. The molecule has 2 rings (SSSR count). The first-order valence-corrected chi connectivity index (χ1v) is 9.44. The molecule has 10 heteroatoms. The molecule has 2 aromatic carbocycles. The van der Waals surface area contributed by atoms with Crippen molar-refractivity contribution in [1.29, 1.82) is 0 Å². The fourth-order valence-corrected chi connectivity index (χ4v) is 2.17. The fraction of sp³-hybridized carbons (Fsp3) is 0.273. The summed E-state index contributed by atoms with van der Waals surface area (Å²) in [6.07, 6.45) is -0.306. The van der Waals surface area contributed by atoms with E-state index in [0.29, 0.717) is 23.3 Å². The normalized spacial score (nSPS) is 14.1. The van der Waals surface area contributed by atoms with E-state index >= 15 is 0 Å². The molecule has 2 aromatic rings. The maximum atomic E-state index is 9.55. The minimum atomic E-state index is -1.26. The molecule has 0 aliphatic carbocycles. The highest BCUT2D eigenvalue weighted by Gasteiger charge is 2.12. The van der Waals surface area contributed by atoms with Gasteiger partial charge in [-0.3, -0.25) is 0 Å². The number of aliphatic hydroxyl groups is 2. The number of nitrogens with two attached hydrogens (primary N) is 2. The summed E-state index contributed by atoms with van der Waals surface area (Å²) < 4.78 is 0. The highest BCUT2D eigenvalue weighted by molar-refractivity contribution is 5.89. The third-order valence-corrected chi connectivity index (χ3v) is 3.79. The molecule has 0 saturated carbocycles. The van der Waals surface area contributed by atoms with Gasteiger partial charge in [-0.25, -0.2) is 9.59 Å². The van der Waals surface area contributed by atoms with Crippen molar-refractivity contribution in [3.63, 3.8) is 0 Å². The Balaban J connectivity index is 0.000000462. The van der Waals surface area contributed by atoms with Gasteiger partial charge in [0.1, 0.15) is 11.5 Å². The molecule has 0 saturated heterocycles. The minimum absolute atomic E-state index is 0.146. The Morgan fingerprint density at radius 1 is 0.750 bits per heavy atom.